The molecule has 0 aliphatic carbocycles. The molecule has 0 heterocycles. The van der Waals surface area contributed by atoms with E-state index in [2.05, 4.69) is 10.1 Å². The van der Waals surface area contributed by atoms with Gasteiger partial charge in [0.1, 0.15) is 0 Å². The van der Waals surface area contributed by atoms with Crippen molar-refractivity contribution in [1.82, 2.24) is 0 Å². The van der Waals surface area contributed by atoms with Gasteiger partial charge in [-0.2, -0.15) is 0 Å². The first kappa shape index (κ1) is 17.4. The highest BCUT2D eigenvalue weighted by atomic mass is 35.5. The van der Waals surface area contributed by atoms with Gasteiger partial charge in [0.25, 0.3) is 0 Å². The summed E-state index contributed by atoms with van der Waals surface area (Å²) in [4.78, 5) is 23.0. The molecule has 3 N–H and O–H groups in total. The minimum absolute atomic E-state index is 0. The van der Waals surface area contributed by atoms with E-state index < -0.39 is 5.97 Å². The number of methoxy groups -OCH3 is 1. The smallest absolute Gasteiger partial charge is 0.337 e. The molecule has 0 saturated carbocycles. The summed E-state index contributed by atoms with van der Waals surface area (Å²) >= 11 is 0. The quantitative estimate of drug-likeness (QED) is 0.809. The van der Waals surface area contributed by atoms with Gasteiger partial charge in [0, 0.05) is 12.2 Å². The van der Waals surface area contributed by atoms with Crippen LogP contribution in [0.2, 0.25) is 0 Å². The molecule has 0 spiro atoms. The van der Waals surface area contributed by atoms with Crippen LogP contribution in [0.3, 0.4) is 0 Å². The van der Waals surface area contributed by atoms with E-state index in [4.69, 9.17) is 5.73 Å². The fraction of sp³-hybridized carbons (Fsp3) is 0.385. The van der Waals surface area contributed by atoms with Gasteiger partial charge in [-0.1, -0.05) is 6.92 Å². The Hall–Kier alpha value is -1.59. The Bertz CT molecular complexity index is 416. The van der Waals surface area contributed by atoms with Gasteiger partial charge >= 0.3 is 5.97 Å². The predicted molar refractivity (Wildman–Crippen MR) is 76.5 cm³/mol. The van der Waals surface area contributed by atoms with Gasteiger partial charge in [-0.15, -0.1) is 12.4 Å². The van der Waals surface area contributed by atoms with Gasteiger partial charge in [0.2, 0.25) is 5.91 Å². The lowest BCUT2D eigenvalue weighted by Crippen LogP contribution is -2.28. The molecule has 0 fully saturated rings. The lowest BCUT2D eigenvalue weighted by Gasteiger charge is -2.12. The molecule has 1 amide bonds. The van der Waals surface area contributed by atoms with Crippen molar-refractivity contribution in [2.24, 2.45) is 11.7 Å². The van der Waals surface area contributed by atoms with Crippen molar-refractivity contribution in [2.45, 2.75) is 13.3 Å². The van der Waals surface area contributed by atoms with E-state index in [-0.39, 0.29) is 24.2 Å². The van der Waals surface area contributed by atoms with E-state index in [1.165, 1.54) is 7.11 Å². The van der Waals surface area contributed by atoms with Crippen molar-refractivity contribution in [1.29, 1.82) is 0 Å². The first-order valence-corrected chi connectivity index (χ1v) is 5.81. The van der Waals surface area contributed by atoms with Crippen molar-refractivity contribution in [3.63, 3.8) is 0 Å². The van der Waals surface area contributed by atoms with Crippen LogP contribution in [0.25, 0.3) is 0 Å². The van der Waals surface area contributed by atoms with E-state index in [0.29, 0.717) is 24.2 Å². The van der Waals surface area contributed by atoms with Crippen molar-refractivity contribution in [3.05, 3.63) is 29.8 Å². The standard InChI is InChI=1S/C13H18N2O3.ClH/c1-3-9(8-14)12(16)15-11-6-4-10(5-7-11)13(17)18-2;/h4-7,9H,3,8,14H2,1-2H3,(H,15,16);1H/t9-;/m1./s1. The number of benzene rings is 1. The third-order valence-electron chi connectivity index (χ3n) is 2.72. The Balaban J connectivity index is 0.00000324. The molecular weight excluding hydrogens is 268 g/mol. The van der Waals surface area contributed by atoms with Gasteiger partial charge in [-0.3, -0.25) is 4.79 Å². The summed E-state index contributed by atoms with van der Waals surface area (Å²) in [5.74, 6) is -0.697. The van der Waals surface area contributed by atoms with E-state index in [1.54, 1.807) is 24.3 Å². The maximum absolute atomic E-state index is 11.8. The van der Waals surface area contributed by atoms with Crippen molar-refractivity contribution in [2.75, 3.05) is 19.0 Å². The first-order valence-electron chi connectivity index (χ1n) is 5.81. The number of anilines is 1. The lowest BCUT2D eigenvalue weighted by molar-refractivity contribution is -0.119. The summed E-state index contributed by atoms with van der Waals surface area (Å²) in [5, 5.41) is 2.76. The maximum atomic E-state index is 11.8. The number of hydrogen-bond acceptors (Lipinski definition) is 4. The van der Waals surface area contributed by atoms with Crippen LogP contribution in [-0.2, 0) is 9.53 Å². The van der Waals surface area contributed by atoms with Crippen LogP contribution in [0.5, 0.6) is 0 Å². The molecular formula is C13H19ClN2O3. The average Bonchev–Trinajstić information content (AvgIpc) is 2.40. The molecule has 0 unspecified atom stereocenters. The fourth-order valence-electron chi connectivity index (χ4n) is 1.51. The number of esters is 1. The zero-order valence-corrected chi connectivity index (χ0v) is 11.8. The third kappa shape index (κ3) is 4.89. The predicted octanol–water partition coefficient (Wildman–Crippen LogP) is 1.82. The second-order valence-electron chi connectivity index (χ2n) is 3.90. The van der Waals surface area contributed by atoms with Crippen LogP contribution in [0, 0.1) is 5.92 Å². The summed E-state index contributed by atoms with van der Waals surface area (Å²) in [7, 11) is 1.32. The summed E-state index contributed by atoms with van der Waals surface area (Å²) in [6.45, 7) is 2.24. The molecule has 1 rings (SSSR count). The minimum atomic E-state index is -0.402. The second kappa shape index (κ2) is 8.50. The summed E-state index contributed by atoms with van der Waals surface area (Å²) < 4.78 is 4.59. The molecule has 0 saturated heterocycles. The molecule has 0 aliphatic rings. The first-order chi connectivity index (χ1) is 8.62. The monoisotopic (exact) mass is 286 g/mol. The van der Waals surface area contributed by atoms with Gasteiger partial charge in [-0.05, 0) is 30.7 Å². The normalized spacial score (nSPS) is 11.1. The molecule has 0 radical (unpaired) electrons. The number of halogens is 1. The highest BCUT2D eigenvalue weighted by Gasteiger charge is 2.14. The van der Waals surface area contributed by atoms with E-state index >= 15 is 0 Å². The highest BCUT2D eigenvalue weighted by Crippen LogP contribution is 2.12. The summed E-state index contributed by atoms with van der Waals surface area (Å²) in [5.41, 5.74) is 6.58. The zero-order chi connectivity index (χ0) is 13.5. The summed E-state index contributed by atoms with van der Waals surface area (Å²) in [6, 6.07) is 6.52. The molecule has 0 bridgehead atoms. The SMILES string of the molecule is CC[C@H](CN)C(=O)Nc1ccc(C(=O)OC)cc1.Cl. The third-order valence-corrected chi connectivity index (χ3v) is 2.72. The van der Waals surface area contributed by atoms with E-state index in [9.17, 15) is 9.59 Å². The summed E-state index contributed by atoms with van der Waals surface area (Å²) in [6.07, 6.45) is 0.697. The zero-order valence-electron chi connectivity index (χ0n) is 11.0. The molecule has 0 aliphatic heterocycles. The van der Waals surface area contributed by atoms with Crippen molar-refractivity contribution >= 4 is 30.0 Å². The molecule has 5 nitrogen and oxygen atoms in total. The number of ether oxygens (including phenoxy) is 1. The molecule has 19 heavy (non-hydrogen) atoms. The molecule has 6 heteroatoms. The molecule has 1 aromatic carbocycles. The van der Waals surface area contributed by atoms with Crippen LogP contribution in [-0.4, -0.2) is 25.5 Å². The van der Waals surface area contributed by atoms with Crippen molar-refractivity contribution in [3.8, 4) is 0 Å². The maximum Gasteiger partial charge on any atom is 0.337 e. The van der Waals surface area contributed by atoms with Crippen LogP contribution in [0.4, 0.5) is 5.69 Å². The van der Waals surface area contributed by atoms with Crippen LogP contribution in [0.1, 0.15) is 23.7 Å². The molecule has 106 valence electrons. The molecule has 0 aromatic heterocycles. The fourth-order valence-corrected chi connectivity index (χ4v) is 1.51. The average molecular weight is 287 g/mol. The Morgan fingerprint density at radius 1 is 1.32 bits per heavy atom. The van der Waals surface area contributed by atoms with E-state index in [0.717, 1.165) is 0 Å². The Morgan fingerprint density at radius 3 is 2.32 bits per heavy atom. The van der Waals surface area contributed by atoms with Gasteiger partial charge in [-0.25, -0.2) is 4.79 Å². The van der Waals surface area contributed by atoms with Gasteiger partial charge in [0.05, 0.1) is 18.6 Å². The van der Waals surface area contributed by atoms with Crippen LogP contribution < -0.4 is 11.1 Å². The minimum Gasteiger partial charge on any atom is -0.465 e. The van der Waals surface area contributed by atoms with Crippen LogP contribution in [0.15, 0.2) is 24.3 Å². The Kier molecular flexibility index (Phi) is 7.79. The lowest BCUT2D eigenvalue weighted by atomic mass is 10.1. The number of rotatable bonds is 5. The number of nitrogens with one attached hydrogen (secondary N) is 1. The molecule has 1 aromatic rings. The number of amides is 1. The Morgan fingerprint density at radius 2 is 1.89 bits per heavy atom. The van der Waals surface area contributed by atoms with Crippen LogP contribution >= 0.6 is 12.4 Å². The topological polar surface area (TPSA) is 81.4 Å². The largest absolute Gasteiger partial charge is 0.465 e. The second-order valence-corrected chi connectivity index (χ2v) is 3.90. The van der Waals surface area contributed by atoms with Gasteiger partial charge in [0.15, 0.2) is 0 Å². The Labute approximate surface area is 118 Å². The number of carbonyl (C=O) groups excluding carboxylic acids is 2. The number of nitrogens with two attached hydrogens (primary N) is 1. The number of hydrogen-bond donors (Lipinski definition) is 2. The molecule has 1 atom stereocenters. The van der Waals surface area contributed by atoms with E-state index in [1.807, 2.05) is 6.92 Å². The van der Waals surface area contributed by atoms with Crippen molar-refractivity contribution < 1.29 is 14.3 Å². The van der Waals surface area contributed by atoms with Gasteiger partial charge < -0.3 is 15.8 Å². The highest BCUT2D eigenvalue weighted by molar-refractivity contribution is 5.94. The number of carbonyl (C=O) groups is 2.